The van der Waals surface area contributed by atoms with E-state index < -0.39 is 22.5 Å². The Hall–Kier alpha value is -3.95. The van der Waals surface area contributed by atoms with Crippen molar-refractivity contribution in [3.8, 4) is 17.2 Å². The summed E-state index contributed by atoms with van der Waals surface area (Å²) in [5.41, 5.74) is -0.0486. The topological polar surface area (TPSA) is 124 Å². The fourth-order valence-corrected chi connectivity index (χ4v) is 2.45. The van der Waals surface area contributed by atoms with Crippen LogP contribution in [0.15, 0.2) is 42.6 Å². The Morgan fingerprint density at radius 1 is 1.26 bits per heavy atom. The summed E-state index contributed by atoms with van der Waals surface area (Å²) < 4.78 is 24.6. The van der Waals surface area contributed by atoms with Crippen LogP contribution in [0.1, 0.15) is 0 Å². The van der Waals surface area contributed by atoms with Crippen molar-refractivity contribution in [2.75, 3.05) is 12.4 Å². The number of ether oxygens (including phenoxy) is 2. The van der Waals surface area contributed by atoms with E-state index in [9.17, 15) is 19.3 Å². The zero-order valence-electron chi connectivity index (χ0n) is 13.8. The number of carboxylic acid groups (broad SMARTS) is 1. The Balaban J connectivity index is 2.05. The van der Waals surface area contributed by atoms with Gasteiger partial charge in [-0.3, -0.25) is 20.4 Å². The standard InChI is InChI=1S/C17H12FN3O6/c1-26-16-8-12-10(7-13(16)20-17(22)23)15(4-5-19-12)27-9-2-3-14(21(24)25)11(18)6-9/h2-8,20H,1H3,(H,22,23). The molecule has 9 nitrogen and oxygen atoms in total. The maximum atomic E-state index is 13.8. The van der Waals surface area contributed by atoms with Gasteiger partial charge in [-0.25, -0.2) is 4.79 Å². The minimum absolute atomic E-state index is 0.0363. The summed E-state index contributed by atoms with van der Waals surface area (Å²) in [5, 5.41) is 22.3. The van der Waals surface area contributed by atoms with Gasteiger partial charge in [0.2, 0.25) is 5.82 Å². The van der Waals surface area contributed by atoms with E-state index in [-0.39, 0.29) is 22.9 Å². The molecule has 1 aromatic heterocycles. The van der Waals surface area contributed by atoms with E-state index in [0.717, 1.165) is 12.1 Å². The van der Waals surface area contributed by atoms with E-state index in [1.165, 1.54) is 37.6 Å². The first-order valence-corrected chi connectivity index (χ1v) is 7.47. The molecule has 138 valence electrons. The number of nitrogens with one attached hydrogen (secondary N) is 1. The Kier molecular flexibility index (Phi) is 4.71. The zero-order chi connectivity index (χ0) is 19.6. The summed E-state index contributed by atoms with van der Waals surface area (Å²) in [5.74, 6) is -0.486. The van der Waals surface area contributed by atoms with E-state index >= 15 is 0 Å². The highest BCUT2D eigenvalue weighted by Crippen LogP contribution is 2.36. The smallest absolute Gasteiger partial charge is 0.409 e. The number of methoxy groups -OCH3 is 1. The molecular weight excluding hydrogens is 361 g/mol. The monoisotopic (exact) mass is 373 g/mol. The van der Waals surface area contributed by atoms with Crippen molar-refractivity contribution in [1.82, 2.24) is 4.98 Å². The van der Waals surface area contributed by atoms with Gasteiger partial charge in [0, 0.05) is 29.8 Å². The molecule has 0 spiro atoms. The number of carbonyl (C=O) groups is 1. The zero-order valence-corrected chi connectivity index (χ0v) is 13.8. The Labute approximate surface area is 151 Å². The van der Waals surface area contributed by atoms with Crippen LogP contribution in [0.5, 0.6) is 17.2 Å². The molecule has 27 heavy (non-hydrogen) atoms. The Bertz CT molecular complexity index is 1060. The molecule has 10 heteroatoms. The lowest BCUT2D eigenvalue weighted by Crippen LogP contribution is -2.08. The number of anilines is 1. The van der Waals surface area contributed by atoms with Crippen molar-refractivity contribution in [1.29, 1.82) is 0 Å². The van der Waals surface area contributed by atoms with Crippen molar-refractivity contribution in [2.24, 2.45) is 0 Å². The number of pyridine rings is 1. The first-order chi connectivity index (χ1) is 12.9. The lowest BCUT2D eigenvalue weighted by molar-refractivity contribution is -0.387. The van der Waals surface area contributed by atoms with Gasteiger partial charge in [-0.1, -0.05) is 0 Å². The van der Waals surface area contributed by atoms with Crippen molar-refractivity contribution in [2.45, 2.75) is 0 Å². The van der Waals surface area contributed by atoms with Crippen LogP contribution in [-0.2, 0) is 0 Å². The van der Waals surface area contributed by atoms with Crippen molar-refractivity contribution in [3.63, 3.8) is 0 Å². The summed E-state index contributed by atoms with van der Waals surface area (Å²) in [4.78, 5) is 25.0. The van der Waals surface area contributed by atoms with Crippen LogP contribution in [0.2, 0.25) is 0 Å². The normalized spacial score (nSPS) is 10.4. The molecule has 0 radical (unpaired) electrons. The number of hydrogen-bond acceptors (Lipinski definition) is 6. The number of aromatic nitrogens is 1. The first kappa shape index (κ1) is 17.9. The maximum absolute atomic E-state index is 13.8. The second-order valence-electron chi connectivity index (χ2n) is 5.28. The van der Waals surface area contributed by atoms with Gasteiger partial charge in [0.1, 0.15) is 17.2 Å². The van der Waals surface area contributed by atoms with Crippen LogP contribution in [-0.4, -0.2) is 28.2 Å². The summed E-state index contributed by atoms with van der Waals surface area (Å²) in [6.45, 7) is 0. The Morgan fingerprint density at radius 3 is 2.67 bits per heavy atom. The van der Waals surface area contributed by atoms with Gasteiger partial charge in [-0.05, 0) is 18.2 Å². The van der Waals surface area contributed by atoms with Gasteiger partial charge in [-0.15, -0.1) is 0 Å². The highest BCUT2D eigenvalue weighted by Gasteiger charge is 2.16. The lowest BCUT2D eigenvalue weighted by Gasteiger charge is -2.13. The van der Waals surface area contributed by atoms with Gasteiger partial charge >= 0.3 is 11.8 Å². The summed E-state index contributed by atoms with van der Waals surface area (Å²) in [6, 6.07) is 7.63. The third kappa shape index (κ3) is 3.68. The molecule has 0 fully saturated rings. The number of fused-ring (bicyclic) bond motifs is 1. The second kappa shape index (κ2) is 7.12. The molecule has 0 saturated heterocycles. The predicted molar refractivity (Wildman–Crippen MR) is 93.1 cm³/mol. The SMILES string of the molecule is COc1cc2nccc(Oc3ccc([N+](=O)[O-])c(F)c3)c2cc1NC(=O)O. The molecule has 0 unspecified atom stereocenters. The second-order valence-corrected chi connectivity index (χ2v) is 5.28. The van der Waals surface area contributed by atoms with Gasteiger partial charge in [0.15, 0.2) is 0 Å². The average Bonchev–Trinajstić information content (AvgIpc) is 2.61. The summed E-state index contributed by atoms with van der Waals surface area (Å²) in [7, 11) is 1.38. The van der Waals surface area contributed by atoms with Gasteiger partial charge in [0.05, 0.1) is 23.2 Å². The number of nitro groups is 1. The fraction of sp³-hybridized carbons (Fsp3) is 0.0588. The van der Waals surface area contributed by atoms with Crippen molar-refractivity contribution >= 4 is 28.4 Å². The molecule has 0 aliphatic heterocycles. The van der Waals surface area contributed by atoms with Gasteiger partial charge in [-0.2, -0.15) is 4.39 Å². The van der Waals surface area contributed by atoms with Crippen LogP contribution >= 0.6 is 0 Å². The van der Waals surface area contributed by atoms with E-state index in [1.54, 1.807) is 0 Å². The molecule has 0 saturated carbocycles. The number of benzene rings is 2. The van der Waals surface area contributed by atoms with Gasteiger partial charge < -0.3 is 14.6 Å². The van der Waals surface area contributed by atoms with E-state index in [0.29, 0.717) is 10.9 Å². The summed E-state index contributed by atoms with van der Waals surface area (Å²) in [6.07, 6.45) is 0.167. The maximum Gasteiger partial charge on any atom is 0.409 e. The predicted octanol–water partition coefficient (Wildman–Crippen LogP) is 4.17. The molecule has 3 rings (SSSR count). The summed E-state index contributed by atoms with van der Waals surface area (Å²) >= 11 is 0. The van der Waals surface area contributed by atoms with E-state index in [1.807, 2.05) is 0 Å². The van der Waals surface area contributed by atoms with Crippen molar-refractivity contribution in [3.05, 3.63) is 58.5 Å². The molecular formula is C17H12FN3O6. The van der Waals surface area contributed by atoms with Crippen LogP contribution < -0.4 is 14.8 Å². The highest BCUT2D eigenvalue weighted by molar-refractivity contribution is 5.95. The third-order valence-corrected chi connectivity index (χ3v) is 3.61. The molecule has 0 aliphatic carbocycles. The molecule has 0 atom stereocenters. The highest BCUT2D eigenvalue weighted by atomic mass is 19.1. The number of nitrogens with zero attached hydrogens (tertiary/aromatic N) is 2. The van der Waals surface area contributed by atoms with Crippen LogP contribution in [0.25, 0.3) is 10.9 Å². The number of amides is 1. The number of nitro benzene ring substituents is 1. The molecule has 2 aromatic carbocycles. The average molecular weight is 373 g/mol. The van der Waals surface area contributed by atoms with Crippen LogP contribution in [0, 0.1) is 15.9 Å². The van der Waals surface area contributed by atoms with Gasteiger partial charge in [0.25, 0.3) is 0 Å². The van der Waals surface area contributed by atoms with E-state index in [2.05, 4.69) is 10.3 Å². The van der Waals surface area contributed by atoms with E-state index in [4.69, 9.17) is 14.6 Å². The van der Waals surface area contributed by atoms with Crippen LogP contribution in [0.4, 0.5) is 20.6 Å². The molecule has 2 N–H and O–H groups in total. The minimum atomic E-state index is -1.28. The van der Waals surface area contributed by atoms with Crippen molar-refractivity contribution < 1.29 is 28.7 Å². The molecule has 0 aliphatic rings. The lowest BCUT2D eigenvalue weighted by atomic mass is 10.1. The number of rotatable bonds is 5. The third-order valence-electron chi connectivity index (χ3n) is 3.61. The Morgan fingerprint density at radius 2 is 2.04 bits per heavy atom. The first-order valence-electron chi connectivity index (χ1n) is 7.47. The molecule has 3 aromatic rings. The molecule has 1 heterocycles. The molecule has 0 bridgehead atoms. The largest absolute Gasteiger partial charge is 0.494 e. The molecule has 1 amide bonds. The quantitative estimate of drug-likeness (QED) is 0.508. The number of hydrogen-bond donors (Lipinski definition) is 2. The van der Waals surface area contributed by atoms with Crippen LogP contribution in [0.3, 0.4) is 0 Å². The minimum Gasteiger partial charge on any atom is -0.494 e. The number of halogens is 1. The fourth-order valence-electron chi connectivity index (χ4n) is 2.45.